The molecule has 1 aliphatic heterocycles. The van der Waals surface area contributed by atoms with E-state index in [2.05, 4.69) is 15.1 Å². The van der Waals surface area contributed by atoms with Gasteiger partial charge in [0, 0.05) is 24.2 Å². The van der Waals surface area contributed by atoms with Crippen molar-refractivity contribution < 1.29 is 13.7 Å². The number of carbonyl (C=O) groups excluding carboxylic acids is 1. The number of aromatic nitrogens is 3. The van der Waals surface area contributed by atoms with Gasteiger partial charge in [0.05, 0.1) is 6.54 Å². The summed E-state index contributed by atoms with van der Waals surface area (Å²) in [6.07, 6.45) is 0.123. The fourth-order valence-electron chi connectivity index (χ4n) is 3.06. The van der Waals surface area contributed by atoms with Crippen molar-refractivity contribution in [2.75, 3.05) is 13.1 Å². The molecule has 1 saturated heterocycles. The van der Waals surface area contributed by atoms with Crippen molar-refractivity contribution in [1.29, 1.82) is 0 Å². The molecule has 0 radical (unpaired) electrons. The Hall–Kier alpha value is -3.09. The van der Waals surface area contributed by atoms with Crippen LogP contribution in [0, 0.1) is 6.92 Å². The van der Waals surface area contributed by atoms with E-state index in [1.54, 1.807) is 12.1 Å². The van der Waals surface area contributed by atoms with Crippen LogP contribution in [-0.2, 0) is 5.67 Å². The Balaban J connectivity index is 1.54. The monoisotopic (exact) mass is 352 g/mol. The van der Waals surface area contributed by atoms with Gasteiger partial charge in [-0.3, -0.25) is 4.79 Å². The number of hydrogen-bond acceptors (Lipinski definition) is 5. The van der Waals surface area contributed by atoms with Gasteiger partial charge >= 0.3 is 0 Å². The summed E-state index contributed by atoms with van der Waals surface area (Å²) in [7, 11) is 0. The first-order valence-corrected chi connectivity index (χ1v) is 8.37. The highest BCUT2D eigenvalue weighted by molar-refractivity contribution is 5.92. The van der Waals surface area contributed by atoms with Crippen molar-refractivity contribution >= 4 is 5.91 Å². The van der Waals surface area contributed by atoms with Crippen molar-refractivity contribution in [3.05, 3.63) is 65.7 Å². The fourth-order valence-corrected chi connectivity index (χ4v) is 3.06. The third kappa shape index (κ3) is 2.96. The molecule has 1 amide bonds. The zero-order valence-electron chi connectivity index (χ0n) is 14.2. The molecule has 0 aliphatic carbocycles. The van der Waals surface area contributed by atoms with Crippen LogP contribution in [0.25, 0.3) is 11.5 Å². The van der Waals surface area contributed by atoms with E-state index < -0.39 is 5.67 Å². The number of nitrogens with zero attached hydrogens (tertiary/aromatic N) is 4. The Morgan fingerprint density at radius 3 is 2.73 bits per heavy atom. The SMILES string of the molecule is Cc1cccc(C(=O)N2CCC(F)(c3noc(-c4ccccc4)n3)C2)n1. The lowest BCUT2D eigenvalue weighted by molar-refractivity contribution is 0.0737. The van der Waals surface area contributed by atoms with Crippen molar-refractivity contribution in [3.63, 3.8) is 0 Å². The molecule has 1 unspecified atom stereocenters. The van der Waals surface area contributed by atoms with Gasteiger partial charge in [0.15, 0.2) is 5.67 Å². The van der Waals surface area contributed by atoms with Gasteiger partial charge in [0.2, 0.25) is 5.82 Å². The van der Waals surface area contributed by atoms with E-state index in [1.165, 1.54) is 4.90 Å². The highest BCUT2D eigenvalue weighted by Gasteiger charge is 2.46. The van der Waals surface area contributed by atoms with E-state index in [1.807, 2.05) is 43.3 Å². The molecule has 1 aliphatic rings. The van der Waals surface area contributed by atoms with Crippen LogP contribution in [0.1, 0.15) is 28.4 Å². The Bertz CT molecular complexity index is 943. The minimum Gasteiger partial charge on any atom is -0.334 e. The van der Waals surface area contributed by atoms with Crippen molar-refractivity contribution in [2.45, 2.75) is 19.0 Å². The Morgan fingerprint density at radius 1 is 1.15 bits per heavy atom. The summed E-state index contributed by atoms with van der Waals surface area (Å²) in [5, 5.41) is 3.81. The first-order valence-electron chi connectivity index (χ1n) is 8.37. The van der Waals surface area contributed by atoms with Gasteiger partial charge in [-0.1, -0.05) is 29.4 Å². The molecule has 26 heavy (non-hydrogen) atoms. The lowest BCUT2D eigenvalue weighted by Crippen LogP contribution is -2.33. The summed E-state index contributed by atoms with van der Waals surface area (Å²) in [5.74, 6) is -0.0494. The summed E-state index contributed by atoms with van der Waals surface area (Å²) in [6, 6.07) is 14.4. The highest BCUT2D eigenvalue weighted by atomic mass is 19.1. The second-order valence-corrected chi connectivity index (χ2v) is 6.40. The molecule has 7 heteroatoms. The smallest absolute Gasteiger partial charge is 0.272 e. The average Bonchev–Trinajstić information content (AvgIpc) is 3.30. The van der Waals surface area contributed by atoms with Gasteiger partial charge in [0.1, 0.15) is 5.69 Å². The maximum atomic E-state index is 15.4. The van der Waals surface area contributed by atoms with E-state index in [0.717, 1.165) is 11.3 Å². The third-order valence-electron chi connectivity index (χ3n) is 4.46. The minimum absolute atomic E-state index is 0.0242. The van der Waals surface area contributed by atoms with E-state index in [-0.39, 0.29) is 37.1 Å². The van der Waals surface area contributed by atoms with Crippen LogP contribution in [0.3, 0.4) is 0 Å². The third-order valence-corrected chi connectivity index (χ3v) is 4.46. The Kier molecular flexibility index (Phi) is 3.99. The largest absolute Gasteiger partial charge is 0.334 e. The molecule has 3 aromatic rings. The number of pyridine rings is 1. The quantitative estimate of drug-likeness (QED) is 0.724. The summed E-state index contributed by atoms with van der Waals surface area (Å²) >= 11 is 0. The minimum atomic E-state index is -1.82. The number of likely N-dealkylation sites (tertiary alicyclic amines) is 1. The topological polar surface area (TPSA) is 72.1 Å². The second-order valence-electron chi connectivity index (χ2n) is 6.40. The molecular formula is C19H17FN4O2. The standard InChI is InChI=1S/C19H17FN4O2/c1-13-6-5-9-15(21-13)17(25)24-11-10-19(20,12-24)18-22-16(26-23-18)14-7-3-2-4-8-14/h2-9H,10-12H2,1H3. The summed E-state index contributed by atoms with van der Waals surface area (Å²) in [5.41, 5.74) is -0.0416. The van der Waals surface area contributed by atoms with Crippen LogP contribution in [0.2, 0.25) is 0 Å². The summed E-state index contributed by atoms with van der Waals surface area (Å²) in [6.45, 7) is 1.97. The summed E-state index contributed by atoms with van der Waals surface area (Å²) < 4.78 is 20.6. The Morgan fingerprint density at radius 2 is 1.96 bits per heavy atom. The lowest BCUT2D eigenvalue weighted by atomic mass is 10.1. The molecule has 0 N–H and O–H groups in total. The predicted octanol–water partition coefficient (Wildman–Crippen LogP) is 3.15. The average molecular weight is 352 g/mol. The first kappa shape index (κ1) is 16.4. The first-order chi connectivity index (χ1) is 12.5. The number of aryl methyl sites for hydroxylation is 1. The maximum Gasteiger partial charge on any atom is 0.272 e. The number of alkyl halides is 1. The lowest BCUT2D eigenvalue weighted by Gasteiger charge is -2.18. The number of amides is 1. The van der Waals surface area contributed by atoms with Crippen LogP contribution < -0.4 is 0 Å². The van der Waals surface area contributed by atoms with Crippen molar-refractivity contribution in [2.24, 2.45) is 0 Å². The van der Waals surface area contributed by atoms with E-state index in [0.29, 0.717) is 5.69 Å². The van der Waals surface area contributed by atoms with E-state index in [4.69, 9.17) is 4.52 Å². The van der Waals surface area contributed by atoms with Gasteiger partial charge in [-0.2, -0.15) is 4.98 Å². The van der Waals surface area contributed by atoms with Gasteiger partial charge in [-0.05, 0) is 31.2 Å². The number of hydrogen-bond donors (Lipinski definition) is 0. The maximum absolute atomic E-state index is 15.4. The van der Waals surface area contributed by atoms with Crippen LogP contribution in [-0.4, -0.2) is 39.0 Å². The molecule has 2 aromatic heterocycles. The fraction of sp³-hybridized carbons (Fsp3) is 0.263. The molecular weight excluding hydrogens is 335 g/mol. The number of rotatable bonds is 3. The predicted molar refractivity (Wildman–Crippen MR) is 92.0 cm³/mol. The number of carbonyl (C=O) groups is 1. The highest BCUT2D eigenvalue weighted by Crippen LogP contribution is 2.35. The molecule has 0 bridgehead atoms. The van der Waals surface area contributed by atoms with Crippen LogP contribution >= 0.6 is 0 Å². The van der Waals surface area contributed by atoms with Crippen LogP contribution in [0.15, 0.2) is 53.1 Å². The van der Waals surface area contributed by atoms with Gasteiger partial charge < -0.3 is 9.42 Å². The molecule has 1 aromatic carbocycles. The molecule has 3 heterocycles. The number of benzene rings is 1. The van der Waals surface area contributed by atoms with Crippen LogP contribution in [0.4, 0.5) is 4.39 Å². The Labute approximate surface area is 149 Å². The second kappa shape index (κ2) is 6.33. The van der Waals surface area contributed by atoms with Gasteiger partial charge in [-0.25, -0.2) is 9.37 Å². The van der Waals surface area contributed by atoms with E-state index in [9.17, 15) is 4.79 Å². The molecule has 4 rings (SSSR count). The van der Waals surface area contributed by atoms with Crippen molar-refractivity contribution in [3.8, 4) is 11.5 Å². The van der Waals surface area contributed by atoms with Gasteiger partial charge in [-0.15, -0.1) is 0 Å². The van der Waals surface area contributed by atoms with Crippen molar-refractivity contribution in [1.82, 2.24) is 20.0 Å². The summed E-state index contributed by atoms with van der Waals surface area (Å²) in [4.78, 5) is 22.4. The zero-order valence-corrected chi connectivity index (χ0v) is 14.2. The molecule has 1 atom stereocenters. The molecule has 0 saturated carbocycles. The normalized spacial score (nSPS) is 19.7. The molecule has 0 spiro atoms. The van der Waals surface area contributed by atoms with Gasteiger partial charge in [0.25, 0.3) is 11.8 Å². The number of halogens is 1. The molecule has 1 fully saturated rings. The molecule has 6 nitrogen and oxygen atoms in total. The van der Waals surface area contributed by atoms with E-state index >= 15 is 4.39 Å². The zero-order chi connectivity index (χ0) is 18.1. The van der Waals surface area contributed by atoms with Crippen LogP contribution in [0.5, 0.6) is 0 Å². The molecule has 132 valence electrons.